The maximum absolute atomic E-state index is 12.1. The van der Waals surface area contributed by atoms with E-state index in [-0.39, 0.29) is 28.5 Å². The summed E-state index contributed by atoms with van der Waals surface area (Å²) in [6.45, 7) is 25.7. The summed E-state index contributed by atoms with van der Waals surface area (Å²) in [5, 5.41) is 24.5. The summed E-state index contributed by atoms with van der Waals surface area (Å²) in [6, 6.07) is 64.2. The number of aromatic amines is 1. The second kappa shape index (κ2) is 64.7. The summed E-state index contributed by atoms with van der Waals surface area (Å²) in [5.41, 5.74) is 8.49. The molecule has 0 saturated carbocycles. The number of hydrogen-bond donors (Lipinski definition) is 1. The summed E-state index contributed by atoms with van der Waals surface area (Å²) in [5.74, 6) is 0.571. The molecule has 9 aromatic carbocycles. The number of nitro benzene ring substituents is 2. The number of carbonyl (C=O) groups excluding carboxylic acids is 4. The minimum absolute atomic E-state index is 0.112. The van der Waals surface area contributed by atoms with Gasteiger partial charge in [-0.15, -0.1) is 0 Å². The molecule has 0 atom stereocenters. The first-order valence-corrected chi connectivity index (χ1v) is 54.3. The number of carbonyl (C=O) groups is 4. The molecule has 4 heterocycles. The van der Waals surface area contributed by atoms with E-state index in [2.05, 4.69) is 129 Å². The summed E-state index contributed by atoms with van der Waals surface area (Å²) >= 11 is 4.32. The molecular weight excluding hydrogens is 1980 g/mol. The number of benzene rings is 9. The van der Waals surface area contributed by atoms with Crippen LogP contribution in [0.5, 0.6) is 17.2 Å². The topological polar surface area (TPSA) is 356 Å². The van der Waals surface area contributed by atoms with Crippen molar-refractivity contribution in [2.75, 3.05) is 296 Å². The fourth-order valence-electron chi connectivity index (χ4n) is 15.5. The van der Waals surface area contributed by atoms with Crippen molar-refractivity contribution in [2.45, 2.75) is 26.9 Å². The Kier molecular flexibility index (Phi) is 52.4. The van der Waals surface area contributed by atoms with Crippen molar-refractivity contribution in [3.05, 3.63) is 265 Å². The molecule has 1 N–H and O–H groups in total. The van der Waals surface area contributed by atoms with Crippen LogP contribution in [-0.4, -0.2) is 335 Å². The molecule has 1 aromatic heterocycles. The number of aromatic nitrogens is 1. The molecule has 0 amide bonds. The zero-order chi connectivity index (χ0) is 105. The van der Waals surface area contributed by atoms with E-state index in [1.807, 2.05) is 146 Å². The number of nitrogens with zero attached hydrogens (tertiary/aromatic N) is 8. The normalized spacial score (nSPS) is 15.0. The zero-order valence-corrected chi connectivity index (χ0v) is 89.2. The SMILES string of the molecule is CCOP(OCC)OCC.CN(C)CCN1CCOCCOCCOCCOc2cc(C=O)ccc21.COC(=O)c1ccc(/C=C/c2ccc3c(c2)OCCOCCOCCOCCN3CCN(C)C)c([N+](=O)[O-])c1.COC(=O)c1ccc(CP(Br)(c2ccccc2)(c2ccccc2)c2ccccc2)c([N+](=O)[O-])c1.COC(=O)c1ccc2cc(-c3ccc4c(c3)OCCOCCOCCOCCN4CCN(C)C)[nH]c2c1. The number of esters is 3. The Balaban J connectivity index is 0.000000211. The average Bonchev–Trinajstić information content (AvgIpc) is 0.820. The minimum atomic E-state index is -3.43. The number of ether oxygens (including phenoxy) is 15. The van der Waals surface area contributed by atoms with Crippen molar-refractivity contribution in [1.29, 1.82) is 0 Å². The van der Waals surface area contributed by atoms with Crippen molar-refractivity contribution < 1.29 is 114 Å². The van der Waals surface area contributed by atoms with E-state index in [0.29, 0.717) is 205 Å². The third-order valence-corrected chi connectivity index (χ3v) is 33.9. The molecule has 0 saturated heterocycles. The molecule has 3 aliphatic rings. The largest absolute Gasteiger partial charge is 0.489 e. The summed E-state index contributed by atoms with van der Waals surface area (Å²) in [7, 11) is 15.1. The number of rotatable bonds is 29. The van der Waals surface area contributed by atoms with Gasteiger partial charge in [-0.2, -0.15) is 0 Å². The predicted octanol–water partition coefficient (Wildman–Crippen LogP) is 16.1. The summed E-state index contributed by atoms with van der Waals surface area (Å²) in [6.07, 6.45) is 4.61. The standard InChI is InChI=1S/C28H37N3O8.C28H37N3O6.C27H23BrNO4P.C19H30N2O5.C6H15O3P/c1-29(2)10-11-30-12-13-36-14-15-37-16-17-38-18-19-39-27-20-22(5-9-25(27)30)4-6-23-7-8-24(28(32)35-3)21-26(23)31(33)34;1-30(2)8-9-31-10-11-34-12-13-35-14-15-36-16-17-37-27-20-22(6-7-26(27)31)24-18-21-4-5-23(28(32)33-3)19-25(21)29-24;1-33-27(30)21-17-18-22(26(19-21)29(31)32)20-34(28,23-11-5-2-6-12-23,24-13-7-3-8-14-24)25-15-9-4-10-16-25;1-20(2)5-6-21-7-8-23-9-10-24-11-12-25-13-14-26-19-15-17(16-22)3-4-18(19)21;1-4-7-10(8-5-2)9-6-3/h4-9,20-21H,10-19H2,1-3H3;4-7,18-20,29H,8-17H2,1-3H3;2-19H,20H2,1H3;3-4,15-16H,5-14H2,1-2H3;4-6H2,1-3H3/b6-4+;;;;. The molecule has 0 bridgehead atoms. The quantitative estimate of drug-likeness (QED) is 0.00865. The molecule has 13 rings (SSSR count). The Hall–Kier alpha value is -11.3. The molecule has 0 spiro atoms. The van der Waals surface area contributed by atoms with Gasteiger partial charge in [0.05, 0.1) is 192 Å². The molecule has 35 nitrogen and oxygen atoms in total. The van der Waals surface area contributed by atoms with Crippen LogP contribution in [0.4, 0.5) is 28.4 Å². The van der Waals surface area contributed by atoms with Crippen LogP contribution in [0.25, 0.3) is 34.3 Å². The van der Waals surface area contributed by atoms with Crippen LogP contribution in [-0.2, 0) is 76.6 Å². The van der Waals surface area contributed by atoms with Crippen molar-refractivity contribution in [3.63, 3.8) is 0 Å². The van der Waals surface area contributed by atoms with Crippen molar-refractivity contribution in [3.8, 4) is 28.5 Å². The van der Waals surface area contributed by atoms with Crippen LogP contribution in [0.2, 0.25) is 0 Å². The number of hydrogen-bond acceptors (Lipinski definition) is 32. The fourth-order valence-corrected chi connectivity index (χ4v) is 24.0. The van der Waals surface area contributed by atoms with Gasteiger partial charge in [0, 0.05) is 92.7 Å². The smallest absolute Gasteiger partial charge is 0.337 e. The Morgan fingerprint density at radius 1 is 0.411 bits per heavy atom. The van der Waals surface area contributed by atoms with Crippen LogP contribution in [0.3, 0.4) is 0 Å². The third kappa shape index (κ3) is 37.8. The van der Waals surface area contributed by atoms with Crippen LogP contribution in [0.1, 0.15) is 78.9 Å². The van der Waals surface area contributed by atoms with Crippen molar-refractivity contribution in [1.82, 2.24) is 19.7 Å². The van der Waals surface area contributed by atoms with Gasteiger partial charge in [-0.25, -0.2) is 9.59 Å². The number of H-pyrrole nitrogens is 1. The van der Waals surface area contributed by atoms with Gasteiger partial charge < -0.3 is 114 Å². The minimum Gasteiger partial charge on any atom is -0.489 e. The van der Waals surface area contributed by atoms with E-state index in [0.717, 1.165) is 125 Å². The molecule has 0 unspecified atom stereocenters. The van der Waals surface area contributed by atoms with Crippen LogP contribution < -0.4 is 44.8 Å². The Morgan fingerprint density at radius 2 is 0.760 bits per heavy atom. The van der Waals surface area contributed by atoms with E-state index < -0.39 is 35.7 Å². The van der Waals surface area contributed by atoms with Gasteiger partial charge in [-0.3, -0.25) is 14.9 Å². The summed E-state index contributed by atoms with van der Waals surface area (Å²) < 4.78 is 98.7. The molecule has 38 heteroatoms. The first-order chi connectivity index (χ1) is 70.9. The van der Waals surface area contributed by atoms with Crippen LogP contribution in [0, 0.1) is 20.2 Å². The maximum atomic E-state index is 12.1. The second-order valence-electron chi connectivity index (χ2n) is 33.9. The predicted molar refractivity (Wildman–Crippen MR) is 577 cm³/mol. The number of aldehydes is 1. The molecule has 146 heavy (non-hydrogen) atoms. The van der Waals surface area contributed by atoms with Gasteiger partial charge in [-0.05, 0) is 147 Å². The van der Waals surface area contributed by atoms with Crippen LogP contribution in [0.15, 0.2) is 206 Å². The Morgan fingerprint density at radius 3 is 1.14 bits per heavy atom. The molecular formula is C108H142BrN9O26P2. The van der Waals surface area contributed by atoms with E-state index in [1.54, 1.807) is 36.4 Å². The maximum Gasteiger partial charge on any atom is 0.337 e. The number of nitro groups is 2. The van der Waals surface area contributed by atoms with E-state index in [1.165, 1.54) is 45.6 Å². The first kappa shape index (κ1) is 118. The van der Waals surface area contributed by atoms with E-state index in [9.17, 15) is 39.4 Å². The molecule has 792 valence electrons. The van der Waals surface area contributed by atoms with Crippen molar-refractivity contribution in [2.24, 2.45) is 0 Å². The zero-order valence-electron chi connectivity index (χ0n) is 85.9. The number of fused-ring (bicyclic) bond motifs is 4. The second-order valence-corrected chi connectivity index (χ2v) is 44.1. The van der Waals surface area contributed by atoms with Gasteiger partial charge in [0.1, 0.15) is 43.4 Å². The molecule has 0 fully saturated rings. The molecule has 0 aliphatic carbocycles. The monoisotopic (exact) mass is 2120 g/mol. The van der Waals surface area contributed by atoms with Crippen molar-refractivity contribution >= 4 is 121 Å². The van der Waals surface area contributed by atoms with E-state index >= 15 is 0 Å². The number of likely N-dealkylation sites (N-methyl/N-ethyl adjacent to an activating group) is 3. The average molecular weight is 2120 g/mol. The number of nitrogens with one attached hydrogen (secondary N) is 1. The van der Waals surface area contributed by atoms with Gasteiger partial charge in [0.15, 0.2) is 0 Å². The molecule has 0 radical (unpaired) electrons. The fraction of sp³-hybridized carbons (Fsp3) is 0.426. The molecule has 10 aromatic rings. The number of methoxy groups -OCH3 is 3. The first-order valence-electron chi connectivity index (χ1n) is 48.7. The van der Waals surface area contributed by atoms with Crippen LogP contribution >= 0.6 is 29.4 Å². The van der Waals surface area contributed by atoms with Gasteiger partial charge in [-0.1, -0.05) is 24.3 Å². The Bertz CT molecular complexity index is 5530. The number of anilines is 3. The molecule has 3 aliphatic heterocycles. The summed E-state index contributed by atoms with van der Waals surface area (Å²) in [4.78, 5) is 86.4. The third-order valence-electron chi connectivity index (χ3n) is 23.0. The van der Waals surface area contributed by atoms with E-state index in [4.69, 9.17) is 79.9 Å². The number of halogens is 1. The Labute approximate surface area is 866 Å². The van der Waals surface area contributed by atoms with Gasteiger partial charge in [0.25, 0.3) is 5.69 Å². The van der Waals surface area contributed by atoms with Gasteiger partial charge >= 0.3 is 227 Å². The van der Waals surface area contributed by atoms with Gasteiger partial charge in [0.2, 0.25) is 0 Å².